The van der Waals surface area contributed by atoms with E-state index in [0.717, 1.165) is 12.3 Å². The highest BCUT2D eigenvalue weighted by molar-refractivity contribution is 5.86. The molecule has 0 aliphatic rings. The van der Waals surface area contributed by atoms with Crippen LogP contribution in [-0.4, -0.2) is 12.6 Å². The molecule has 1 atom stereocenters. The minimum Gasteiger partial charge on any atom is -0.462 e. The maximum Gasteiger partial charge on any atom is 0.333 e. The fourth-order valence-electron chi connectivity index (χ4n) is 3.71. The molecule has 166 valence electrons. The lowest BCUT2D eigenvalue weighted by Crippen LogP contribution is -2.05. The van der Waals surface area contributed by atoms with Crippen molar-refractivity contribution in [1.82, 2.24) is 0 Å². The van der Waals surface area contributed by atoms with E-state index < -0.39 is 0 Å². The summed E-state index contributed by atoms with van der Waals surface area (Å²) in [4.78, 5) is 11.2. The van der Waals surface area contributed by atoms with Crippen LogP contribution in [0.5, 0.6) is 0 Å². The maximum atomic E-state index is 11.2. The first-order valence-electron chi connectivity index (χ1n) is 12.4. The van der Waals surface area contributed by atoms with Gasteiger partial charge in [-0.15, -0.1) is 0 Å². The molecular formula is C26H50O2. The number of carbonyl (C=O) groups is 1. The Morgan fingerprint density at radius 3 is 1.54 bits per heavy atom. The van der Waals surface area contributed by atoms with Crippen LogP contribution in [0.3, 0.4) is 0 Å². The highest BCUT2D eigenvalue weighted by atomic mass is 16.5. The van der Waals surface area contributed by atoms with E-state index in [1.165, 1.54) is 109 Å². The van der Waals surface area contributed by atoms with Gasteiger partial charge in [-0.25, -0.2) is 4.79 Å². The molecule has 0 radical (unpaired) electrons. The SMILES string of the molecule is C=C(C)C(=O)OCCCCCCCCCCCCCCC(C)CCCCCC. The summed E-state index contributed by atoms with van der Waals surface area (Å²) in [5.74, 6) is 0.687. The van der Waals surface area contributed by atoms with Gasteiger partial charge in [-0.2, -0.15) is 0 Å². The molecule has 2 heteroatoms. The molecular weight excluding hydrogens is 344 g/mol. The Kier molecular flexibility index (Phi) is 20.3. The largest absolute Gasteiger partial charge is 0.462 e. The molecule has 0 saturated carbocycles. The molecule has 0 aromatic carbocycles. The van der Waals surface area contributed by atoms with Crippen LogP contribution in [-0.2, 0) is 9.53 Å². The molecule has 0 aliphatic heterocycles. The van der Waals surface area contributed by atoms with Crippen molar-refractivity contribution in [2.75, 3.05) is 6.61 Å². The first-order chi connectivity index (χ1) is 13.6. The zero-order chi connectivity index (χ0) is 20.9. The summed E-state index contributed by atoms with van der Waals surface area (Å²) in [7, 11) is 0. The van der Waals surface area contributed by atoms with Crippen LogP contribution in [0.4, 0.5) is 0 Å². The van der Waals surface area contributed by atoms with E-state index in [4.69, 9.17) is 4.74 Å². The van der Waals surface area contributed by atoms with Crippen LogP contribution < -0.4 is 0 Å². The lowest BCUT2D eigenvalue weighted by Gasteiger charge is -2.10. The smallest absolute Gasteiger partial charge is 0.333 e. The molecule has 2 nitrogen and oxygen atoms in total. The van der Waals surface area contributed by atoms with Crippen molar-refractivity contribution < 1.29 is 9.53 Å². The molecule has 0 fully saturated rings. The Labute approximate surface area is 176 Å². The summed E-state index contributed by atoms with van der Waals surface area (Å²) in [5, 5.41) is 0. The van der Waals surface area contributed by atoms with E-state index in [0.29, 0.717) is 12.2 Å². The molecule has 28 heavy (non-hydrogen) atoms. The van der Waals surface area contributed by atoms with Gasteiger partial charge in [0, 0.05) is 5.57 Å². The van der Waals surface area contributed by atoms with E-state index in [2.05, 4.69) is 20.4 Å². The van der Waals surface area contributed by atoms with Gasteiger partial charge in [0.2, 0.25) is 0 Å². The highest BCUT2D eigenvalue weighted by Crippen LogP contribution is 2.18. The van der Waals surface area contributed by atoms with Crippen LogP contribution in [0.1, 0.15) is 136 Å². The molecule has 1 unspecified atom stereocenters. The van der Waals surface area contributed by atoms with Crippen molar-refractivity contribution in [1.29, 1.82) is 0 Å². The van der Waals surface area contributed by atoms with Crippen molar-refractivity contribution in [3.05, 3.63) is 12.2 Å². The third kappa shape index (κ3) is 20.0. The van der Waals surface area contributed by atoms with Gasteiger partial charge in [0.15, 0.2) is 0 Å². The topological polar surface area (TPSA) is 26.3 Å². The quantitative estimate of drug-likeness (QED) is 0.110. The standard InChI is InChI=1S/C26H50O2/c1-5-6-7-18-21-25(4)22-19-16-14-12-10-8-9-11-13-15-17-20-23-28-26(27)24(2)3/h25H,2,5-23H2,1,3-4H3. The summed E-state index contributed by atoms with van der Waals surface area (Å²) in [6.07, 6.45) is 24.6. The molecule has 0 amide bonds. The maximum absolute atomic E-state index is 11.2. The van der Waals surface area contributed by atoms with Gasteiger partial charge in [-0.05, 0) is 19.3 Å². The lowest BCUT2D eigenvalue weighted by molar-refractivity contribution is -0.139. The second-order valence-corrected chi connectivity index (χ2v) is 8.90. The van der Waals surface area contributed by atoms with Gasteiger partial charge in [0.25, 0.3) is 0 Å². The predicted octanol–water partition coefficient (Wildman–Crippen LogP) is 8.78. The fraction of sp³-hybridized carbons (Fsp3) is 0.885. The first kappa shape index (κ1) is 27.2. The molecule has 0 saturated heterocycles. The number of hydrogen-bond donors (Lipinski definition) is 0. The second kappa shape index (κ2) is 20.9. The van der Waals surface area contributed by atoms with Crippen LogP contribution in [0.15, 0.2) is 12.2 Å². The zero-order valence-corrected chi connectivity index (χ0v) is 19.5. The molecule has 0 heterocycles. The van der Waals surface area contributed by atoms with Crippen molar-refractivity contribution in [3.8, 4) is 0 Å². The summed E-state index contributed by atoms with van der Waals surface area (Å²) in [6, 6.07) is 0. The summed E-state index contributed by atoms with van der Waals surface area (Å²) in [6.45, 7) is 10.6. The highest BCUT2D eigenvalue weighted by Gasteiger charge is 2.03. The van der Waals surface area contributed by atoms with Crippen LogP contribution in [0.25, 0.3) is 0 Å². The number of unbranched alkanes of at least 4 members (excludes halogenated alkanes) is 14. The Bertz CT molecular complexity index is 361. The van der Waals surface area contributed by atoms with E-state index in [1.54, 1.807) is 6.92 Å². The van der Waals surface area contributed by atoms with E-state index in [9.17, 15) is 4.79 Å². The molecule has 0 N–H and O–H groups in total. The summed E-state index contributed by atoms with van der Waals surface area (Å²) >= 11 is 0. The number of ether oxygens (including phenoxy) is 1. The Morgan fingerprint density at radius 1 is 0.714 bits per heavy atom. The number of carbonyl (C=O) groups excluding carboxylic acids is 1. The number of hydrogen-bond acceptors (Lipinski definition) is 2. The van der Waals surface area contributed by atoms with E-state index >= 15 is 0 Å². The monoisotopic (exact) mass is 394 g/mol. The molecule has 0 aromatic heterocycles. The average Bonchev–Trinajstić information content (AvgIpc) is 2.67. The average molecular weight is 395 g/mol. The van der Waals surface area contributed by atoms with Crippen molar-refractivity contribution in [2.45, 2.75) is 136 Å². The predicted molar refractivity (Wildman–Crippen MR) is 124 cm³/mol. The molecule has 0 bridgehead atoms. The molecule has 0 aliphatic carbocycles. The Morgan fingerprint density at radius 2 is 1.11 bits per heavy atom. The lowest BCUT2D eigenvalue weighted by atomic mass is 9.96. The van der Waals surface area contributed by atoms with Gasteiger partial charge in [0.05, 0.1) is 6.61 Å². The summed E-state index contributed by atoms with van der Waals surface area (Å²) in [5.41, 5.74) is 0.493. The normalized spacial score (nSPS) is 12.1. The minimum atomic E-state index is -0.253. The molecule has 0 aromatic rings. The van der Waals surface area contributed by atoms with Crippen LogP contribution in [0.2, 0.25) is 0 Å². The van der Waals surface area contributed by atoms with E-state index in [-0.39, 0.29) is 5.97 Å². The van der Waals surface area contributed by atoms with Crippen LogP contribution >= 0.6 is 0 Å². The third-order valence-electron chi connectivity index (χ3n) is 5.72. The van der Waals surface area contributed by atoms with Crippen LogP contribution in [0, 0.1) is 5.92 Å². The van der Waals surface area contributed by atoms with Crippen molar-refractivity contribution in [3.63, 3.8) is 0 Å². The number of esters is 1. The fourth-order valence-corrected chi connectivity index (χ4v) is 3.71. The van der Waals surface area contributed by atoms with E-state index in [1.807, 2.05) is 0 Å². The van der Waals surface area contributed by atoms with Crippen molar-refractivity contribution >= 4 is 5.97 Å². The second-order valence-electron chi connectivity index (χ2n) is 8.90. The zero-order valence-electron chi connectivity index (χ0n) is 19.5. The van der Waals surface area contributed by atoms with Gasteiger partial charge < -0.3 is 4.74 Å². The molecule has 0 rings (SSSR count). The van der Waals surface area contributed by atoms with Gasteiger partial charge in [-0.3, -0.25) is 0 Å². The van der Waals surface area contributed by atoms with Gasteiger partial charge in [0.1, 0.15) is 0 Å². The summed E-state index contributed by atoms with van der Waals surface area (Å²) < 4.78 is 5.10. The van der Waals surface area contributed by atoms with Gasteiger partial charge in [-0.1, -0.05) is 130 Å². The molecule has 0 spiro atoms. The van der Waals surface area contributed by atoms with Gasteiger partial charge >= 0.3 is 5.97 Å². The third-order valence-corrected chi connectivity index (χ3v) is 5.72. The Balaban J connectivity index is 3.16. The first-order valence-corrected chi connectivity index (χ1v) is 12.4. The van der Waals surface area contributed by atoms with Crippen molar-refractivity contribution in [2.24, 2.45) is 5.92 Å². The number of rotatable bonds is 21. The Hall–Kier alpha value is -0.790. The minimum absolute atomic E-state index is 0.253.